The molecule has 1 amide bonds. The molecule has 100 valence electrons. The fourth-order valence-corrected chi connectivity index (χ4v) is 1.90. The maximum Gasteiger partial charge on any atom is 0.224 e. The summed E-state index contributed by atoms with van der Waals surface area (Å²) in [5.41, 5.74) is 6.98. The topological polar surface area (TPSA) is 66.6 Å². The van der Waals surface area contributed by atoms with Gasteiger partial charge in [0.15, 0.2) is 0 Å². The number of amides is 1. The molecule has 0 aliphatic heterocycles. The number of nitrogens with two attached hydrogens (primary N) is 1. The van der Waals surface area contributed by atoms with Crippen LogP contribution in [-0.4, -0.2) is 35.1 Å². The molecule has 0 fully saturated rings. The first kappa shape index (κ1) is 14.7. The summed E-state index contributed by atoms with van der Waals surface area (Å²) < 4.78 is 0. The molecule has 18 heavy (non-hydrogen) atoms. The van der Waals surface area contributed by atoms with E-state index in [0.717, 1.165) is 5.56 Å². The third kappa shape index (κ3) is 4.13. The van der Waals surface area contributed by atoms with E-state index >= 15 is 0 Å². The Labute approximate surface area is 108 Å². The first-order valence-corrected chi connectivity index (χ1v) is 6.27. The molecule has 0 aliphatic carbocycles. The van der Waals surface area contributed by atoms with Crippen molar-refractivity contribution in [3.63, 3.8) is 0 Å². The van der Waals surface area contributed by atoms with Gasteiger partial charge in [0, 0.05) is 25.0 Å². The summed E-state index contributed by atoms with van der Waals surface area (Å²) in [4.78, 5) is 13.7. The lowest BCUT2D eigenvalue weighted by atomic mass is 10.0. The molecule has 1 aromatic carbocycles. The van der Waals surface area contributed by atoms with Crippen LogP contribution in [0.25, 0.3) is 0 Å². The van der Waals surface area contributed by atoms with Gasteiger partial charge in [-0.05, 0) is 19.4 Å². The van der Waals surface area contributed by atoms with E-state index in [9.17, 15) is 4.79 Å². The lowest BCUT2D eigenvalue weighted by Gasteiger charge is -2.27. The minimum atomic E-state index is -0.293. The molecule has 0 spiro atoms. The van der Waals surface area contributed by atoms with Crippen molar-refractivity contribution in [1.29, 1.82) is 0 Å². The molecule has 0 radical (unpaired) electrons. The van der Waals surface area contributed by atoms with Crippen molar-refractivity contribution in [2.75, 3.05) is 13.2 Å². The molecular formula is C14H22N2O2. The maximum absolute atomic E-state index is 12.1. The number of aliphatic hydroxyl groups excluding tert-OH is 1. The van der Waals surface area contributed by atoms with E-state index in [1.165, 1.54) is 0 Å². The Morgan fingerprint density at radius 3 is 2.44 bits per heavy atom. The first-order valence-electron chi connectivity index (χ1n) is 6.27. The second-order valence-electron chi connectivity index (χ2n) is 4.63. The predicted octanol–water partition coefficient (Wildman–Crippen LogP) is 1.31. The van der Waals surface area contributed by atoms with Gasteiger partial charge >= 0.3 is 0 Å². The number of hydrogen-bond donors (Lipinski definition) is 2. The number of rotatable bonds is 6. The van der Waals surface area contributed by atoms with Crippen molar-refractivity contribution in [3.05, 3.63) is 35.9 Å². The Balaban J connectivity index is 2.63. The Bertz CT molecular complexity index is 365. The minimum Gasteiger partial charge on any atom is -0.395 e. The molecule has 4 nitrogen and oxygen atoms in total. The summed E-state index contributed by atoms with van der Waals surface area (Å²) in [7, 11) is 0. The summed E-state index contributed by atoms with van der Waals surface area (Å²) >= 11 is 0. The van der Waals surface area contributed by atoms with Crippen LogP contribution >= 0.6 is 0 Å². The van der Waals surface area contributed by atoms with Crippen molar-refractivity contribution in [2.45, 2.75) is 32.4 Å². The highest BCUT2D eigenvalue weighted by atomic mass is 16.3. The smallest absolute Gasteiger partial charge is 0.224 e. The van der Waals surface area contributed by atoms with Gasteiger partial charge in [0.05, 0.1) is 6.61 Å². The van der Waals surface area contributed by atoms with Crippen LogP contribution in [0.2, 0.25) is 0 Å². The van der Waals surface area contributed by atoms with E-state index in [1.807, 2.05) is 44.2 Å². The molecule has 1 atom stereocenters. The molecule has 4 heteroatoms. The van der Waals surface area contributed by atoms with Crippen LogP contribution in [0.1, 0.15) is 31.9 Å². The summed E-state index contributed by atoms with van der Waals surface area (Å²) in [6, 6.07) is 9.37. The van der Waals surface area contributed by atoms with Crippen LogP contribution in [0.3, 0.4) is 0 Å². The van der Waals surface area contributed by atoms with Gasteiger partial charge in [0.25, 0.3) is 0 Å². The van der Waals surface area contributed by atoms with Crippen LogP contribution in [0.5, 0.6) is 0 Å². The lowest BCUT2D eigenvalue weighted by molar-refractivity contribution is -0.133. The largest absolute Gasteiger partial charge is 0.395 e. The zero-order chi connectivity index (χ0) is 13.5. The van der Waals surface area contributed by atoms with Crippen molar-refractivity contribution < 1.29 is 9.90 Å². The van der Waals surface area contributed by atoms with E-state index in [4.69, 9.17) is 10.8 Å². The molecule has 0 aromatic heterocycles. The molecule has 0 aliphatic rings. The second-order valence-corrected chi connectivity index (χ2v) is 4.63. The summed E-state index contributed by atoms with van der Waals surface area (Å²) in [5.74, 6) is -0.0181. The lowest BCUT2D eigenvalue weighted by Crippen LogP contribution is -2.40. The fraction of sp³-hybridized carbons (Fsp3) is 0.500. The van der Waals surface area contributed by atoms with E-state index in [0.29, 0.717) is 6.54 Å². The third-order valence-corrected chi connectivity index (χ3v) is 2.91. The molecule has 1 aromatic rings. The molecule has 0 heterocycles. The van der Waals surface area contributed by atoms with Gasteiger partial charge in [-0.25, -0.2) is 0 Å². The molecule has 0 bridgehead atoms. The zero-order valence-corrected chi connectivity index (χ0v) is 11.0. The van der Waals surface area contributed by atoms with Crippen LogP contribution in [0, 0.1) is 0 Å². The maximum atomic E-state index is 12.1. The molecule has 1 unspecified atom stereocenters. The van der Waals surface area contributed by atoms with E-state index in [2.05, 4.69) is 0 Å². The van der Waals surface area contributed by atoms with E-state index < -0.39 is 0 Å². The molecule has 3 N–H and O–H groups in total. The van der Waals surface area contributed by atoms with Crippen LogP contribution in [0.15, 0.2) is 30.3 Å². The molecular weight excluding hydrogens is 228 g/mol. The van der Waals surface area contributed by atoms with Crippen molar-refractivity contribution in [2.24, 2.45) is 5.73 Å². The third-order valence-electron chi connectivity index (χ3n) is 2.91. The van der Waals surface area contributed by atoms with Gasteiger partial charge in [-0.1, -0.05) is 30.3 Å². The summed E-state index contributed by atoms with van der Waals surface area (Å²) in [6.07, 6.45) is 0.266. The minimum absolute atomic E-state index is 0.0181. The average molecular weight is 250 g/mol. The van der Waals surface area contributed by atoms with Gasteiger partial charge in [0.2, 0.25) is 5.91 Å². The number of carbonyl (C=O) groups is 1. The molecule has 0 saturated carbocycles. The van der Waals surface area contributed by atoms with Crippen molar-refractivity contribution in [3.8, 4) is 0 Å². The number of hydrogen-bond acceptors (Lipinski definition) is 3. The van der Waals surface area contributed by atoms with Gasteiger partial charge < -0.3 is 15.7 Å². The van der Waals surface area contributed by atoms with Gasteiger partial charge in [-0.2, -0.15) is 0 Å². The quantitative estimate of drug-likeness (QED) is 0.800. The van der Waals surface area contributed by atoms with Gasteiger partial charge in [-0.3, -0.25) is 4.79 Å². The molecule has 1 rings (SSSR count). The average Bonchev–Trinajstić information content (AvgIpc) is 2.36. The highest BCUT2D eigenvalue weighted by molar-refractivity contribution is 5.77. The first-order chi connectivity index (χ1) is 8.56. The number of nitrogens with zero attached hydrogens (tertiary/aromatic N) is 1. The fourth-order valence-electron chi connectivity index (χ4n) is 1.90. The Kier molecular flexibility index (Phi) is 5.82. The standard InChI is InChI=1S/C14H22N2O2/c1-11(2)16(8-9-17)14(18)10-13(15)12-6-4-3-5-7-12/h3-7,11,13,17H,8-10,15H2,1-2H3. The van der Waals surface area contributed by atoms with E-state index in [1.54, 1.807) is 4.90 Å². The van der Waals surface area contributed by atoms with Crippen LogP contribution in [0.4, 0.5) is 0 Å². The Hall–Kier alpha value is -1.39. The normalized spacial score (nSPS) is 12.5. The van der Waals surface area contributed by atoms with Crippen molar-refractivity contribution >= 4 is 5.91 Å². The van der Waals surface area contributed by atoms with E-state index in [-0.39, 0.29) is 31.0 Å². The number of carbonyl (C=O) groups excluding carboxylic acids is 1. The van der Waals surface area contributed by atoms with Crippen LogP contribution in [-0.2, 0) is 4.79 Å². The highest BCUT2D eigenvalue weighted by Crippen LogP contribution is 2.15. The second kappa shape index (κ2) is 7.13. The Morgan fingerprint density at radius 1 is 1.33 bits per heavy atom. The summed E-state index contributed by atoms with van der Waals surface area (Å²) in [6.45, 7) is 4.20. The number of benzene rings is 1. The predicted molar refractivity (Wildman–Crippen MR) is 71.9 cm³/mol. The van der Waals surface area contributed by atoms with Gasteiger partial charge in [-0.15, -0.1) is 0 Å². The monoisotopic (exact) mass is 250 g/mol. The van der Waals surface area contributed by atoms with Crippen LogP contribution < -0.4 is 5.73 Å². The number of aliphatic hydroxyl groups is 1. The summed E-state index contributed by atoms with van der Waals surface area (Å²) in [5, 5.41) is 8.96. The Morgan fingerprint density at radius 2 is 1.94 bits per heavy atom. The SMILES string of the molecule is CC(C)N(CCO)C(=O)CC(N)c1ccccc1. The van der Waals surface area contributed by atoms with Gasteiger partial charge in [0.1, 0.15) is 0 Å². The van der Waals surface area contributed by atoms with Crippen molar-refractivity contribution in [1.82, 2.24) is 4.90 Å². The zero-order valence-electron chi connectivity index (χ0n) is 11.0. The highest BCUT2D eigenvalue weighted by Gasteiger charge is 2.19. The molecule has 0 saturated heterocycles.